The molecule has 1 rings (SSSR count). The van der Waals surface area contributed by atoms with Crippen molar-refractivity contribution in [1.82, 2.24) is 16.0 Å². The van der Waals surface area contributed by atoms with Gasteiger partial charge in [-0.05, 0) is 31.8 Å². The Labute approximate surface area is 107 Å². The standard InChI is InChI=1S/C10H19N3O3.ClH/c1-11-9(14)6-8(13-10(15)16)7-2-4-12-5-3-7;/h7-8,12-13H,2-6H2,1H3,(H,11,14)(H,15,16);1H. The van der Waals surface area contributed by atoms with Crippen LogP contribution in [0.1, 0.15) is 19.3 Å². The Morgan fingerprint density at radius 3 is 2.47 bits per heavy atom. The molecule has 4 N–H and O–H groups in total. The number of amides is 2. The minimum absolute atomic E-state index is 0. The first-order chi connectivity index (χ1) is 7.63. The predicted molar refractivity (Wildman–Crippen MR) is 66.5 cm³/mol. The molecule has 0 aromatic carbocycles. The third kappa shape index (κ3) is 5.74. The summed E-state index contributed by atoms with van der Waals surface area (Å²) in [7, 11) is 1.56. The SMILES string of the molecule is CNC(=O)CC(NC(=O)O)C1CCNCC1.Cl. The lowest BCUT2D eigenvalue weighted by Gasteiger charge is -2.30. The van der Waals surface area contributed by atoms with Gasteiger partial charge in [-0.25, -0.2) is 4.79 Å². The number of carbonyl (C=O) groups excluding carboxylic acids is 1. The van der Waals surface area contributed by atoms with Crippen LogP contribution in [0.4, 0.5) is 4.79 Å². The lowest BCUT2D eigenvalue weighted by Crippen LogP contribution is -2.46. The summed E-state index contributed by atoms with van der Waals surface area (Å²) in [5.41, 5.74) is 0. The smallest absolute Gasteiger partial charge is 0.404 e. The second-order valence-corrected chi connectivity index (χ2v) is 4.02. The molecule has 0 bridgehead atoms. The summed E-state index contributed by atoms with van der Waals surface area (Å²) in [5.74, 6) is 0.118. The molecule has 1 aliphatic heterocycles. The van der Waals surface area contributed by atoms with E-state index in [0.717, 1.165) is 25.9 Å². The van der Waals surface area contributed by atoms with E-state index < -0.39 is 6.09 Å². The molecule has 1 aliphatic rings. The highest BCUT2D eigenvalue weighted by molar-refractivity contribution is 5.85. The number of piperidine rings is 1. The normalized spacial score (nSPS) is 17.7. The van der Waals surface area contributed by atoms with E-state index in [-0.39, 0.29) is 36.7 Å². The molecule has 7 heteroatoms. The molecule has 100 valence electrons. The second-order valence-electron chi connectivity index (χ2n) is 4.02. The number of rotatable bonds is 4. The van der Waals surface area contributed by atoms with Crippen molar-refractivity contribution in [2.45, 2.75) is 25.3 Å². The second kappa shape index (κ2) is 8.14. The first kappa shape index (κ1) is 16.0. The molecular formula is C10H20ClN3O3. The van der Waals surface area contributed by atoms with Crippen molar-refractivity contribution in [3.05, 3.63) is 0 Å². The molecule has 0 spiro atoms. The molecule has 1 unspecified atom stereocenters. The Balaban J connectivity index is 0.00000256. The summed E-state index contributed by atoms with van der Waals surface area (Å²) >= 11 is 0. The summed E-state index contributed by atoms with van der Waals surface area (Å²) in [4.78, 5) is 22.0. The van der Waals surface area contributed by atoms with Gasteiger partial charge in [0.05, 0.1) is 0 Å². The number of nitrogens with one attached hydrogen (secondary N) is 3. The van der Waals surface area contributed by atoms with Crippen LogP contribution in [0, 0.1) is 5.92 Å². The molecule has 0 aromatic heterocycles. The van der Waals surface area contributed by atoms with Crippen LogP contribution in [0.25, 0.3) is 0 Å². The number of carboxylic acid groups (broad SMARTS) is 1. The first-order valence-electron chi connectivity index (χ1n) is 5.54. The maximum absolute atomic E-state index is 11.3. The summed E-state index contributed by atoms with van der Waals surface area (Å²) in [6.07, 6.45) is 0.963. The van der Waals surface area contributed by atoms with Crippen LogP contribution in [-0.2, 0) is 4.79 Å². The highest BCUT2D eigenvalue weighted by atomic mass is 35.5. The van der Waals surface area contributed by atoms with Gasteiger partial charge in [-0.15, -0.1) is 12.4 Å². The molecule has 2 amide bonds. The lowest BCUT2D eigenvalue weighted by molar-refractivity contribution is -0.121. The van der Waals surface area contributed by atoms with Crippen molar-refractivity contribution >= 4 is 24.4 Å². The fourth-order valence-electron chi connectivity index (χ4n) is 2.04. The van der Waals surface area contributed by atoms with Crippen molar-refractivity contribution < 1.29 is 14.7 Å². The van der Waals surface area contributed by atoms with E-state index in [1.165, 1.54) is 0 Å². The summed E-state index contributed by atoms with van der Waals surface area (Å²) in [6.45, 7) is 1.77. The van der Waals surface area contributed by atoms with Crippen LogP contribution in [0.15, 0.2) is 0 Å². The minimum atomic E-state index is -1.06. The Kier molecular flexibility index (Phi) is 7.65. The van der Waals surface area contributed by atoms with E-state index in [2.05, 4.69) is 16.0 Å². The van der Waals surface area contributed by atoms with Crippen LogP contribution < -0.4 is 16.0 Å². The van der Waals surface area contributed by atoms with E-state index in [0.29, 0.717) is 0 Å². The predicted octanol–water partition coefficient (Wildman–Crippen LogP) is 0.180. The van der Waals surface area contributed by atoms with Crippen molar-refractivity contribution in [1.29, 1.82) is 0 Å². The first-order valence-corrected chi connectivity index (χ1v) is 5.54. The van der Waals surface area contributed by atoms with Crippen LogP contribution in [0.5, 0.6) is 0 Å². The van der Waals surface area contributed by atoms with Crippen LogP contribution >= 0.6 is 12.4 Å². The van der Waals surface area contributed by atoms with Gasteiger partial charge in [0.25, 0.3) is 0 Å². The van der Waals surface area contributed by atoms with Crippen molar-refractivity contribution in [3.8, 4) is 0 Å². The van der Waals surface area contributed by atoms with E-state index in [4.69, 9.17) is 5.11 Å². The molecule has 1 fully saturated rings. The van der Waals surface area contributed by atoms with Gasteiger partial charge in [0, 0.05) is 19.5 Å². The average molecular weight is 266 g/mol. The highest BCUT2D eigenvalue weighted by Gasteiger charge is 2.26. The Morgan fingerprint density at radius 2 is 2.00 bits per heavy atom. The largest absolute Gasteiger partial charge is 0.465 e. The molecule has 0 radical (unpaired) electrons. The monoisotopic (exact) mass is 265 g/mol. The van der Waals surface area contributed by atoms with Crippen LogP contribution in [-0.4, -0.2) is 43.3 Å². The Morgan fingerprint density at radius 1 is 1.41 bits per heavy atom. The summed E-state index contributed by atoms with van der Waals surface area (Å²) in [6, 6.07) is -0.278. The zero-order valence-electron chi connectivity index (χ0n) is 9.86. The fraction of sp³-hybridized carbons (Fsp3) is 0.800. The van der Waals surface area contributed by atoms with E-state index in [1.54, 1.807) is 7.05 Å². The zero-order valence-corrected chi connectivity index (χ0v) is 10.7. The molecule has 6 nitrogen and oxygen atoms in total. The fourth-order valence-corrected chi connectivity index (χ4v) is 2.04. The Bertz CT molecular complexity index is 257. The maximum atomic E-state index is 11.3. The molecule has 1 atom stereocenters. The number of halogens is 1. The third-order valence-corrected chi connectivity index (χ3v) is 2.95. The molecule has 1 saturated heterocycles. The van der Waals surface area contributed by atoms with Crippen LogP contribution in [0.3, 0.4) is 0 Å². The quantitative estimate of drug-likeness (QED) is 0.584. The molecule has 0 aliphatic carbocycles. The van der Waals surface area contributed by atoms with Gasteiger partial charge in [-0.2, -0.15) is 0 Å². The molecule has 17 heavy (non-hydrogen) atoms. The van der Waals surface area contributed by atoms with Gasteiger partial charge >= 0.3 is 6.09 Å². The Hall–Kier alpha value is -1.01. The number of hydrogen-bond donors (Lipinski definition) is 4. The van der Waals surface area contributed by atoms with E-state index in [9.17, 15) is 9.59 Å². The highest BCUT2D eigenvalue weighted by Crippen LogP contribution is 2.18. The van der Waals surface area contributed by atoms with E-state index in [1.807, 2.05) is 0 Å². The van der Waals surface area contributed by atoms with E-state index >= 15 is 0 Å². The van der Waals surface area contributed by atoms with Gasteiger partial charge in [0.2, 0.25) is 5.91 Å². The minimum Gasteiger partial charge on any atom is -0.465 e. The lowest BCUT2D eigenvalue weighted by atomic mass is 9.88. The van der Waals surface area contributed by atoms with Crippen molar-refractivity contribution in [2.24, 2.45) is 5.92 Å². The summed E-state index contributed by atoms with van der Waals surface area (Å²) in [5, 5.41) is 16.9. The zero-order chi connectivity index (χ0) is 12.0. The third-order valence-electron chi connectivity index (χ3n) is 2.95. The van der Waals surface area contributed by atoms with Crippen molar-refractivity contribution in [2.75, 3.05) is 20.1 Å². The topological polar surface area (TPSA) is 90.5 Å². The molecular weight excluding hydrogens is 246 g/mol. The molecule has 1 heterocycles. The molecule has 0 aromatic rings. The number of hydrogen-bond acceptors (Lipinski definition) is 3. The van der Waals surface area contributed by atoms with Crippen molar-refractivity contribution in [3.63, 3.8) is 0 Å². The average Bonchev–Trinajstić information content (AvgIpc) is 2.28. The van der Waals surface area contributed by atoms with Gasteiger partial charge < -0.3 is 21.1 Å². The van der Waals surface area contributed by atoms with Gasteiger partial charge in [-0.3, -0.25) is 4.79 Å². The van der Waals surface area contributed by atoms with Gasteiger partial charge in [0.15, 0.2) is 0 Å². The number of carbonyl (C=O) groups is 2. The summed E-state index contributed by atoms with van der Waals surface area (Å²) < 4.78 is 0. The molecule has 0 saturated carbocycles. The maximum Gasteiger partial charge on any atom is 0.404 e. The van der Waals surface area contributed by atoms with Gasteiger partial charge in [-0.1, -0.05) is 0 Å². The van der Waals surface area contributed by atoms with Crippen LogP contribution in [0.2, 0.25) is 0 Å². The van der Waals surface area contributed by atoms with Gasteiger partial charge in [0.1, 0.15) is 0 Å².